The van der Waals surface area contributed by atoms with Gasteiger partial charge in [-0.1, -0.05) is 26.7 Å². The summed E-state index contributed by atoms with van der Waals surface area (Å²) in [5.74, 6) is 2.72. The molecular weight excluding hydrogens is 302 g/mol. The molecule has 1 aromatic heterocycles. The number of nitrogens with zero attached hydrogens (tertiary/aromatic N) is 2. The Bertz CT molecular complexity index is 446. The van der Waals surface area contributed by atoms with Gasteiger partial charge in [0.15, 0.2) is 0 Å². The average molecular weight is 326 g/mol. The molecule has 2 aliphatic rings. The van der Waals surface area contributed by atoms with Gasteiger partial charge >= 0.3 is 0 Å². The normalized spacial score (nSPS) is 23.7. The Labute approximate surface area is 124 Å². The van der Waals surface area contributed by atoms with Crippen LogP contribution in [0.1, 0.15) is 57.7 Å². The summed E-state index contributed by atoms with van der Waals surface area (Å²) in [5, 5.41) is 8.46. The largest absolute Gasteiger partial charge is 0.369 e. The van der Waals surface area contributed by atoms with Gasteiger partial charge in [0.25, 0.3) is 0 Å². The average Bonchev–Trinajstić information content (AvgIpc) is 2.99. The van der Waals surface area contributed by atoms with Crippen LogP contribution in [0.15, 0.2) is 4.47 Å². The third kappa shape index (κ3) is 2.56. The van der Waals surface area contributed by atoms with Gasteiger partial charge in [0, 0.05) is 6.54 Å². The Morgan fingerprint density at radius 2 is 2.05 bits per heavy atom. The second kappa shape index (κ2) is 5.47. The molecule has 0 radical (unpaired) electrons. The van der Waals surface area contributed by atoms with Gasteiger partial charge in [-0.2, -0.15) is 5.10 Å². The molecule has 1 fully saturated rings. The first-order chi connectivity index (χ1) is 9.16. The molecule has 0 saturated heterocycles. The van der Waals surface area contributed by atoms with E-state index in [-0.39, 0.29) is 0 Å². The van der Waals surface area contributed by atoms with Crippen molar-refractivity contribution in [3.05, 3.63) is 10.2 Å². The molecule has 0 spiro atoms. The molecule has 1 aliphatic heterocycles. The third-order valence-electron chi connectivity index (χ3n) is 4.51. The molecule has 3 nitrogen and oxygen atoms in total. The Hall–Kier alpha value is -0.510. The van der Waals surface area contributed by atoms with E-state index in [1.54, 1.807) is 0 Å². The predicted octanol–water partition coefficient (Wildman–Crippen LogP) is 4.39. The Balaban J connectivity index is 1.90. The fraction of sp³-hybridized carbons (Fsp3) is 0.800. The molecule has 3 rings (SSSR count). The Morgan fingerprint density at radius 1 is 1.32 bits per heavy atom. The lowest BCUT2D eigenvalue weighted by Gasteiger charge is -2.30. The van der Waals surface area contributed by atoms with Crippen LogP contribution in [0.3, 0.4) is 0 Å². The molecule has 0 aromatic carbocycles. The Morgan fingerprint density at radius 3 is 2.74 bits per heavy atom. The van der Waals surface area contributed by atoms with E-state index in [1.165, 1.54) is 48.1 Å². The van der Waals surface area contributed by atoms with Crippen LogP contribution in [-0.2, 0) is 6.42 Å². The quantitative estimate of drug-likeness (QED) is 0.893. The number of aromatic nitrogens is 2. The smallest absolute Gasteiger partial charge is 0.139 e. The van der Waals surface area contributed by atoms with Crippen LogP contribution in [-0.4, -0.2) is 16.3 Å². The lowest BCUT2D eigenvalue weighted by atomic mass is 9.94. The van der Waals surface area contributed by atoms with Gasteiger partial charge in [0.05, 0.1) is 16.2 Å². The number of nitrogens with one attached hydrogen (secondary N) is 1. The van der Waals surface area contributed by atoms with E-state index in [9.17, 15) is 0 Å². The van der Waals surface area contributed by atoms with E-state index >= 15 is 0 Å². The van der Waals surface area contributed by atoms with Crippen molar-refractivity contribution in [3.8, 4) is 0 Å². The zero-order valence-electron chi connectivity index (χ0n) is 12.0. The predicted molar refractivity (Wildman–Crippen MR) is 82.6 cm³/mol. The number of rotatable bonds is 3. The highest BCUT2D eigenvalue weighted by Gasteiger charge is 2.32. The van der Waals surface area contributed by atoms with E-state index in [4.69, 9.17) is 5.10 Å². The molecular formula is C15H24BrN3. The number of halogens is 1. The first kappa shape index (κ1) is 13.5. The van der Waals surface area contributed by atoms with Crippen LogP contribution in [0.25, 0.3) is 0 Å². The number of anilines is 1. The van der Waals surface area contributed by atoms with Crippen molar-refractivity contribution in [1.82, 2.24) is 9.78 Å². The third-order valence-corrected chi connectivity index (χ3v) is 5.34. The van der Waals surface area contributed by atoms with Crippen LogP contribution in [0, 0.1) is 11.8 Å². The molecule has 1 N–H and O–H groups in total. The first-order valence-electron chi connectivity index (χ1n) is 7.67. The zero-order valence-corrected chi connectivity index (χ0v) is 13.5. The maximum atomic E-state index is 4.92. The second-order valence-electron chi connectivity index (χ2n) is 6.48. The molecule has 0 bridgehead atoms. The van der Waals surface area contributed by atoms with Gasteiger partial charge in [-0.15, -0.1) is 0 Å². The first-order valence-corrected chi connectivity index (χ1v) is 8.47. The molecule has 1 aliphatic carbocycles. The van der Waals surface area contributed by atoms with Gasteiger partial charge in [0.2, 0.25) is 0 Å². The van der Waals surface area contributed by atoms with Gasteiger partial charge in [-0.3, -0.25) is 0 Å². The van der Waals surface area contributed by atoms with Crippen LogP contribution in [0.5, 0.6) is 0 Å². The van der Waals surface area contributed by atoms with Crippen molar-refractivity contribution >= 4 is 21.7 Å². The van der Waals surface area contributed by atoms with Crippen LogP contribution in [0.4, 0.5) is 5.82 Å². The van der Waals surface area contributed by atoms with E-state index in [0.29, 0.717) is 12.0 Å². The fourth-order valence-corrected chi connectivity index (χ4v) is 4.18. The molecule has 0 amide bonds. The summed E-state index contributed by atoms with van der Waals surface area (Å²) in [7, 11) is 0. The SMILES string of the molecule is CC(C)Cc1nn2c(c1Br)NCCC2C1CCCC1. The highest BCUT2D eigenvalue weighted by atomic mass is 79.9. The van der Waals surface area contributed by atoms with Crippen molar-refractivity contribution in [2.24, 2.45) is 11.8 Å². The maximum Gasteiger partial charge on any atom is 0.139 e. The van der Waals surface area contributed by atoms with Crippen molar-refractivity contribution in [2.75, 3.05) is 11.9 Å². The van der Waals surface area contributed by atoms with Crippen molar-refractivity contribution in [1.29, 1.82) is 0 Å². The highest BCUT2D eigenvalue weighted by molar-refractivity contribution is 9.10. The molecule has 1 aromatic rings. The maximum absolute atomic E-state index is 4.92. The highest BCUT2D eigenvalue weighted by Crippen LogP contribution is 2.42. The molecule has 1 unspecified atom stereocenters. The fourth-order valence-electron chi connectivity index (χ4n) is 3.62. The minimum atomic E-state index is 0.621. The van der Waals surface area contributed by atoms with Crippen molar-refractivity contribution in [3.63, 3.8) is 0 Å². The summed E-state index contributed by atoms with van der Waals surface area (Å²) in [4.78, 5) is 0. The molecule has 19 heavy (non-hydrogen) atoms. The summed E-state index contributed by atoms with van der Waals surface area (Å²) in [6.45, 7) is 5.60. The minimum Gasteiger partial charge on any atom is -0.369 e. The van der Waals surface area contributed by atoms with Crippen LogP contribution < -0.4 is 5.32 Å². The van der Waals surface area contributed by atoms with Crippen LogP contribution >= 0.6 is 15.9 Å². The minimum absolute atomic E-state index is 0.621. The van der Waals surface area contributed by atoms with E-state index < -0.39 is 0 Å². The number of fused-ring (bicyclic) bond motifs is 1. The molecule has 1 saturated carbocycles. The monoisotopic (exact) mass is 325 g/mol. The molecule has 1 atom stereocenters. The molecule has 2 heterocycles. The summed E-state index contributed by atoms with van der Waals surface area (Å²) in [5.41, 5.74) is 1.22. The summed E-state index contributed by atoms with van der Waals surface area (Å²) in [6.07, 6.45) is 7.88. The second-order valence-corrected chi connectivity index (χ2v) is 7.27. The van der Waals surface area contributed by atoms with E-state index in [1.807, 2.05) is 0 Å². The number of hydrogen-bond acceptors (Lipinski definition) is 2. The van der Waals surface area contributed by atoms with Gasteiger partial charge in [0.1, 0.15) is 5.82 Å². The lowest BCUT2D eigenvalue weighted by molar-refractivity contribution is 0.288. The topological polar surface area (TPSA) is 29.9 Å². The lowest BCUT2D eigenvalue weighted by Crippen LogP contribution is -2.28. The van der Waals surface area contributed by atoms with E-state index in [2.05, 4.69) is 39.8 Å². The Kier molecular flexibility index (Phi) is 3.88. The van der Waals surface area contributed by atoms with Gasteiger partial charge in [-0.05, 0) is 53.4 Å². The van der Waals surface area contributed by atoms with Crippen molar-refractivity contribution < 1.29 is 0 Å². The molecule has 4 heteroatoms. The number of hydrogen-bond donors (Lipinski definition) is 1. The van der Waals surface area contributed by atoms with Gasteiger partial charge < -0.3 is 5.32 Å². The summed E-state index contributed by atoms with van der Waals surface area (Å²) in [6, 6.07) is 0.621. The standard InChI is InChI=1S/C15H24BrN3/c1-10(2)9-12-14(16)15-17-8-7-13(19(15)18-12)11-5-3-4-6-11/h10-11,13,17H,3-9H2,1-2H3. The molecule has 106 valence electrons. The summed E-state index contributed by atoms with van der Waals surface area (Å²) >= 11 is 3.76. The van der Waals surface area contributed by atoms with Crippen molar-refractivity contribution in [2.45, 2.75) is 58.4 Å². The zero-order chi connectivity index (χ0) is 13.4. The van der Waals surface area contributed by atoms with E-state index in [0.717, 1.165) is 18.9 Å². The summed E-state index contributed by atoms with van der Waals surface area (Å²) < 4.78 is 3.49. The van der Waals surface area contributed by atoms with Crippen LogP contribution in [0.2, 0.25) is 0 Å². The van der Waals surface area contributed by atoms with Gasteiger partial charge in [-0.25, -0.2) is 4.68 Å².